The van der Waals surface area contributed by atoms with E-state index in [1.807, 2.05) is 13.8 Å². The number of likely N-dealkylation sites (N-methyl/N-ethyl adjacent to an activating group) is 1. The van der Waals surface area contributed by atoms with E-state index >= 15 is 0 Å². The molecule has 0 atom stereocenters. The summed E-state index contributed by atoms with van der Waals surface area (Å²) < 4.78 is 51.9. The Hall–Kier alpha value is -2.81. The van der Waals surface area contributed by atoms with Crippen molar-refractivity contribution < 1.29 is 27.1 Å². The molecule has 0 saturated carbocycles. The van der Waals surface area contributed by atoms with E-state index in [4.69, 9.17) is 9.47 Å². The Morgan fingerprint density at radius 3 is 2.10 bits per heavy atom. The van der Waals surface area contributed by atoms with Crippen LogP contribution in [-0.4, -0.2) is 46.5 Å². The number of anilines is 1. The first-order chi connectivity index (χ1) is 13.7. The van der Waals surface area contributed by atoms with Crippen molar-refractivity contribution in [2.75, 3.05) is 32.0 Å². The number of benzene rings is 2. The molecule has 1 N–H and O–H groups in total. The van der Waals surface area contributed by atoms with Crippen LogP contribution in [0.15, 0.2) is 41.3 Å². The van der Waals surface area contributed by atoms with E-state index < -0.39 is 20.7 Å². The van der Waals surface area contributed by atoms with E-state index in [1.54, 1.807) is 17.0 Å². The summed E-state index contributed by atoms with van der Waals surface area (Å²) in [5, 5.41) is 0. The predicted octanol–water partition coefficient (Wildman–Crippen LogP) is 3.05. The molecule has 9 heteroatoms. The Bertz CT molecular complexity index is 958. The lowest BCUT2D eigenvalue weighted by atomic mass is 10.1. The number of ether oxygens (including phenoxy) is 2. The van der Waals surface area contributed by atoms with Crippen molar-refractivity contribution in [3.8, 4) is 11.5 Å². The van der Waals surface area contributed by atoms with Crippen LogP contribution in [-0.2, 0) is 21.2 Å². The summed E-state index contributed by atoms with van der Waals surface area (Å²) in [5.41, 5.74) is 1.00. The van der Waals surface area contributed by atoms with Crippen molar-refractivity contribution >= 4 is 21.6 Å². The summed E-state index contributed by atoms with van der Waals surface area (Å²) in [6.07, 6.45) is 0.221. The Morgan fingerprint density at radius 2 is 1.59 bits per heavy atom. The highest BCUT2D eigenvalue weighted by Gasteiger charge is 2.23. The fourth-order valence-electron chi connectivity index (χ4n) is 2.80. The summed E-state index contributed by atoms with van der Waals surface area (Å²) in [4.78, 5) is 13.3. The molecule has 0 aliphatic carbocycles. The van der Waals surface area contributed by atoms with Crippen LogP contribution in [0.25, 0.3) is 0 Å². The molecule has 1 amide bonds. The van der Waals surface area contributed by atoms with Gasteiger partial charge in [-0.15, -0.1) is 0 Å². The molecule has 0 fully saturated rings. The van der Waals surface area contributed by atoms with Gasteiger partial charge in [-0.3, -0.25) is 9.52 Å². The number of halogens is 1. The van der Waals surface area contributed by atoms with Gasteiger partial charge in [0.25, 0.3) is 10.0 Å². The van der Waals surface area contributed by atoms with E-state index in [-0.39, 0.29) is 29.5 Å². The van der Waals surface area contributed by atoms with E-state index in [9.17, 15) is 17.6 Å². The van der Waals surface area contributed by atoms with Gasteiger partial charge in [-0.25, -0.2) is 12.8 Å². The number of nitrogens with one attached hydrogen (secondary N) is 1. The monoisotopic (exact) mass is 424 g/mol. The number of sulfonamides is 1. The zero-order chi connectivity index (χ0) is 21.6. The molecular formula is C20H25FN2O5S. The predicted molar refractivity (Wildman–Crippen MR) is 108 cm³/mol. The molecule has 7 nitrogen and oxygen atoms in total. The van der Waals surface area contributed by atoms with Gasteiger partial charge < -0.3 is 14.4 Å². The molecule has 0 aliphatic rings. The quantitative estimate of drug-likeness (QED) is 0.669. The molecule has 0 bridgehead atoms. The lowest BCUT2D eigenvalue weighted by molar-refractivity contribution is -0.130. The lowest BCUT2D eigenvalue weighted by Crippen LogP contribution is -2.31. The first-order valence-electron chi connectivity index (χ1n) is 9.06. The molecule has 158 valence electrons. The summed E-state index contributed by atoms with van der Waals surface area (Å²) in [5.74, 6) is -0.780. The topological polar surface area (TPSA) is 84.9 Å². The average molecular weight is 424 g/mol. The fourth-order valence-corrected chi connectivity index (χ4v) is 3.94. The Balaban J connectivity index is 2.20. The Kier molecular flexibility index (Phi) is 7.44. The SMILES string of the molecule is CCN(CC)C(=O)Cc1ccc(NS(=O)(=O)c2cc(OC)c(OC)cc2F)cc1. The van der Waals surface area contributed by atoms with Gasteiger partial charge in [0.2, 0.25) is 5.91 Å². The van der Waals surface area contributed by atoms with Gasteiger partial charge in [0.1, 0.15) is 10.7 Å². The number of nitrogens with zero attached hydrogens (tertiary/aromatic N) is 1. The van der Waals surface area contributed by atoms with Crippen LogP contribution in [0.2, 0.25) is 0 Å². The lowest BCUT2D eigenvalue weighted by Gasteiger charge is -2.18. The van der Waals surface area contributed by atoms with Gasteiger partial charge in [-0.1, -0.05) is 12.1 Å². The van der Waals surface area contributed by atoms with Gasteiger partial charge in [-0.2, -0.15) is 0 Å². The minimum Gasteiger partial charge on any atom is -0.493 e. The summed E-state index contributed by atoms with van der Waals surface area (Å²) >= 11 is 0. The van der Waals surface area contributed by atoms with Crippen LogP contribution in [0, 0.1) is 5.82 Å². The van der Waals surface area contributed by atoms with Crippen molar-refractivity contribution in [3.05, 3.63) is 47.8 Å². The molecule has 29 heavy (non-hydrogen) atoms. The number of rotatable bonds is 9. The molecule has 2 rings (SSSR count). The third-order valence-corrected chi connectivity index (χ3v) is 5.80. The number of hydrogen-bond donors (Lipinski definition) is 1. The number of carbonyl (C=O) groups excluding carboxylic acids is 1. The van der Waals surface area contributed by atoms with Crippen molar-refractivity contribution in [2.24, 2.45) is 0 Å². The van der Waals surface area contributed by atoms with Crippen LogP contribution in [0.3, 0.4) is 0 Å². The largest absolute Gasteiger partial charge is 0.493 e. The van der Waals surface area contributed by atoms with Crippen LogP contribution in [0.5, 0.6) is 11.5 Å². The van der Waals surface area contributed by atoms with E-state index in [0.717, 1.165) is 17.7 Å². The van der Waals surface area contributed by atoms with E-state index in [1.165, 1.54) is 26.4 Å². The van der Waals surface area contributed by atoms with Crippen LogP contribution >= 0.6 is 0 Å². The second-order valence-electron chi connectivity index (χ2n) is 6.18. The summed E-state index contributed by atoms with van der Waals surface area (Å²) in [6.45, 7) is 5.08. The van der Waals surface area contributed by atoms with Crippen LogP contribution in [0.1, 0.15) is 19.4 Å². The minimum atomic E-state index is -4.19. The van der Waals surface area contributed by atoms with Crippen molar-refractivity contribution in [3.63, 3.8) is 0 Å². The smallest absolute Gasteiger partial charge is 0.264 e. The number of amides is 1. The molecule has 0 saturated heterocycles. The van der Waals surface area contributed by atoms with Crippen molar-refractivity contribution in [1.29, 1.82) is 0 Å². The highest BCUT2D eigenvalue weighted by Crippen LogP contribution is 2.32. The van der Waals surface area contributed by atoms with Gasteiger partial charge in [0, 0.05) is 30.9 Å². The number of carbonyl (C=O) groups is 1. The van der Waals surface area contributed by atoms with Gasteiger partial charge in [0.15, 0.2) is 11.5 Å². The maximum absolute atomic E-state index is 14.3. The Labute approximate surface area is 170 Å². The first kappa shape index (κ1) is 22.5. The molecule has 0 unspecified atom stereocenters. The molecule has 2 aromatic carbocycles. The standard InChI is InChI=1S/C20H25FN2O5S/c1-5-23(6-2)20(24)11-14-7-9-15(10-8-14)22-29(25,26)19-13-18(28-4)17(27-3)12-16(19)21/h7-10,12-13,22H,5-6,11H2,1-4H3. The molecule has 2 aromatic rings. The highest BCUT2D eigenvalue weighted by atomic mass is 32.2. The summed E-state index contributed by atoms with van der Waals surface area (Å²) in [7, 11) is -1.53. The third-order valence-electron chi connectivity index (χ3n) is 4.41. The van der Waals surface area contributed by atoms with Crippen molar-refractivity contribution in [1.82, 2.24) is 4.90 Å². The second kappa shape index (κ2) is 9.60. The molecule has 0 spiro atoms. The zero-order valence-corrected chi connectivity index (χ0v) is 17.7. The molecule has 0 heterocycles. The minimum absolute atomic E-state index is 0.00395. The first-order valence-corrected chi connectivity index (χ1v) is 10.5. The summed E-state index contributed by atoms with van der Waals surface area (Å²) in [6, 6.07) is 8.39. The zero-order valence-electron chi connectivity index (χ0n) is 16.9. The average Bonchev–Trinajstić information content (AvgIpc) is 2.69. The maximum atomic E-state index is 14.3. The normalized spacial score (nSPS) is 11.1. The third kappa shape index (κ3) is 5.38. The number of hydrogen-bond acceptors (Lipinski definition) is 5. The molecule has 0 aliphatic heterocycles. The second-order valence-corrected chi connectivity index (χ2v) is 7.83. The van der Waals surface area contributed by atoms with Crippen molar-refractivity contribution in [2.45, 2.75) is 25.2 Å². The number of methoxy groups -OCH3 is 2. The van der Waals surface area contributed by atoms with Crippen LogP contribution < -0.4 is 14.2 Å². The fraction of sp³-hybridized carbons (Fsp3) is 0.350. The molecular weight excluding hydrogens is 399 g/mol. The maximum Gasteiger partial charge on any atom is 0.264 e. The van der Waals surface area contributed by atoms with E-state index in [2.05, 4.69) is 4.72 Å². The van der Waals surface area contributed by atoms with Gasteiger partial charge in [-0.05, 0) is 31.5 Å². The van der Waals surface area contributed by atoms with Crippen LogP contribution in [0.4, 0.5) is 10.1 Å². The van der Waals surface area contributed by atoms with Gasteiger partial charge >= 0.3 is 0 Å². The highest BCUT2D eigenvalue weighted by molar-refractivity contribution is 7.92. The van der Waals surface area contributed by atoms with E-state index in [0.29, 0.717) is 13.1 Å². The molecule has 0 aromatic heterocycles. The van der Waals surface area contributed by atoms with Gasteiger partial charge in [0.05, 0.1) is 20.6 Å². The molecule has 0 radical (unpaired) electrons. The Morgan fingerprint density at radius 1 is 1.03 bits per heavy atom.